The fourth-order valence-corrected chi connectivity index (χ4v) is 2.27. The van der Waals surface area contributed by atoms with Crippen LogP contribution in [0.2, 0.25) is 0 Å². The molecule has 90 valence electrons. The molecule has 0 aromatic carbocycles. The zero-order valence-electron chi connectivity index (χ0n) is 10.4. The minimum Gasteiger partial charge on any atom is -0.389 e. The average molecular weight is 215 g/mol. The van der Waals surface area contributed by atoms with Crippen molar-refractivity contribution in [3.63, 3.8) is 0 Å². The Hall–Kier alpha value is -0.120. The van der Waals surface area contributed by atoms with Crippen molar-refractivity contribution in [1.29, 1.82) is 0 Å². The van der Waals surface area contributed by atoms with E-state index in [2.05, 4.69) is 33.0 Å². The third-order valence-corrected chi connectivity index (χ3v) is 3.38. The monoisotopic (exact) mass is 215 g/mol. The molecular weight excluding hydrogens is 190 g/mol. The maximum Gasteiger partial charge on any atom is 0.0948 e. The minimum atomic E-state index is -0.329. The second-order valence-corrected chi connectivity index (χ2v) is 5.27. The molecular formula is C12H25NO2. The summed E-state index contributed by atoms with van der Waals surface area (Å²) in [6.45, 7) is 11.1. The van der Waals surface area contributed by atoms with E-state index in [-0.39, 0.29) is 12.1 Å². The Labute approximate surface area is 93.2 Å². The van der Waals surface area contributed by atoms with Crippen LogP contribution in [0.15, 0.2) is 0 Å². The van der Waals surface area contributed by atoms with Gasteiger partial charge in [-0.15, -0.1) is 0 Å². The van der Waals surface area contributed by atoms with Crippen LogP contribution in [0.25, 0.3) is 0 Å². The second kappa shape index (κ2) is 5.83. The third kappa shape index (κ3) is 3.74. The molecule has 15 heavy (non-hydrogen) atoms. The van der Waals surface area contributed by atoms with E-state index in [1.54, 1.807) is 0 Å². The normalized spacial score (nSPS) is 27.2. The van der Waals surface area contributed by atoms with E-state index in [1.807, 2.05) is 0 Å². The first-order valence-electron chi connectivity index (χ1n) is 6.01. The number of ether oxygens (including phenoxy) is 1. The van der Waals surface area contributed by atoms with Gasteiger partial charge in [0.2, 0.25) is 0 Å². The Balaban J connectivity index is 2.33. The van der Waals surface area contributed by atoms with Crippen LogP contribution in [0.5, 0.6) is 0 Å². The molecule has 0 saturated carbocycles. The maximum absolute atomic E-state index is 9.59. The van der Waals surface area contributed by atoms with Crippen LogP contribution in [0.3, 0.4) is 0 Å². The summed E-state index contributed by atoms with van der Waals surface area (Å²) >= 11 is 0. The highest BCUT2D eigenvalue weighted by Crippen LogP contribution is 2.20. The molecule has 2 atom stereocenters. The van der Waals surface area contributed by atoms with E-state index in [0.29, 0.717) is 31.0 Å². The summed E-state index contributed by atoms with van der Waals surface area (Å²) < 4.78 is 5.21. The van der Waals surface area contributed by atoms with Crippen LogP contribution in [0.1, 0.15) is 27.7 Å². The summed E-state index contributed by atoms with van der Waals surface area (Å²) in [5.41, 5.74) is 0. The largest absolute Gasteiger partial charge is 0.389 e. The van der Waals surface area contributed by atoms with Gasteiger partial charge in [0.15, 0.2) is 0 Å². The van der Waals surface area contributed by atoms with Gasteiger partial charge >= 0.3 is 0 Å². The summed E-state index contributed by atoms with van der Waals surface area (Å²) in [7, 11) is 0. The van der Waals surface area contributed by atoms with Crippen LogP contribution in [-0.4, -0.2) is 37.0 Å². The number of hydrogen-bond donors (Lipinski definition) is 2. The van der Waals surface area contributed by atoms with Gasteiger partial charge in [0.05, 0.1) is 25.4 Å². The summed E-state index contributed by atoms with van der Waals surface area (Å²) in [6, 6.07) is 0.130. The highest BCUT2D eigenvalue weighted by atomic mass is 16.5. The summed E-state index contributed by atoms with van der Waals surface area (Å²) in [4.78, 5) is 0. The van der Waals surface area contributed by atoms with Crippen molar-refractivity contribution in [2.75, 3.05) is 19.8 Å². The molecule has 3 nitrogen and oxygen atoms in total. The Kier molecular flexibility index (Phi) is 5.03. The molecule has 2 N–H and O–H groups in total. The van der Waals surface area contributed by atoms with Gasteiger partial charge in [0.1, 0.15) is 0 Å². The van der Waals surface area contributed by atoms with Crippen molar-refractivity contribution in [2.24, 2.45) is 17.8 Å². The summed E-state index contributed by atoms with van der Waals surface area (Å²) in [5.74, 6) is 2.02. The topological polar surface area (TPSA) is 41.5 Å². The second-order valence-electron chi connectivity index (χ2n) is 5.27. The van der Waals surface area contributed by atoms with Gasteiger partial charge in [-0.1, -0.05) is 27.7 Å². The first-order chi connectivity index (χ1) is 7.02. The predicted octanol–water partition coefficient (Wildman–Crippen LogP) is 1.26. The molecule has 1 aliphatic heterocycles. The maximum atomic E-state index is 9.59. The minimum absolute atomic E-state index is 0.130. The fourth-order valence-electron chi connectivity index (χ4n) is 2.27. The Morgan fingerprint density at radius 3 is 2.20 bits per heavy atom. The lowest BCUT2D eigenvalue weighted by atomic mass is 9.85. The molecule has 1 fully saturated rings. The number of aliphatic hydroxyl groups is 1. The number of nitrogens with one attached hydrogen (secondary N) is 1. The van der Waals surface area contributed by atoms with Crippen LogP contribution in [0, 0.1) is 17.8 Å². The molecule has 1 aliphatic rings. The molecule has 0 aliphatic carbocycles. The van der Waals surface area contributed by atoms with Crippen molar-refractivity contribution in [2.45, 2.75) is 39.8 Å². The quantitative estimate of drug-likeness (QED) is 0.725. The lowest BCUT2D eigenvalue weighted by molar-refractivity contribution is 0.121. The van der Waals surface area contributed by atoms with Crippen molar-refractivity contribution in [3.05, 3.63) is 0 Å². The van der Waals surface area contributed by atoms with E-state index in [9.17, 15) is 5.11 Å². The van der Waals surface area contributed by atoms with E-state index in [1.165, 1.54) is 0 Å². The van der Waals surface area contributed by atoms with E-state index in [4.69, 9.17) is 4.74 Å². The summed E-state index contributed by atoms with van der Waals surface area (Å²) in [6.07, 6.45) is -0.329. The van der Waals surface area contributed by atoms with E-state index >= 15 is 0 Å². The van der Waals surface area contributed by atoms with Crippen LogP contribution < -0.4 is 5.32 Å². The Morgan fingerprint density at radius 1 is 1.20 bits per heavy atom. The van der Waals surface area contributed by atoms with Gasteiger partial charge in [-0.25, -0.2) is 0 Å². The standard InChI is InChI=1S/C12H25NO2/c1-8(2)10(9(3)4)5-13-11-6-15-7-12(11)14/h8-14H,5-7H2,1-4H3. The van der Waals surface area contributed by atoms with Gasteiger partial charge in [0, 0.05) is 0 Å². The van der Waals surface area contributed by atoms with Gasteiger partial charge in [-0.05, 0) is 24.3 Å². The summed E-state index contributed by atoms with van der Waals surface area (Å²) in [5, 5.41) is 13.0. The molecule has 0 amide bonds. The van der Waals surface area contributed by atoms with Crippen molar-refractivity contribution in [3.8, 4) is 0 Å². The molecule has 1 saturated heterocycles. The van der Waals surface area contributed by atoms with Gasteiger partial charge in [0.25, 0.3) is 0 Å². The first kappa shape index (κ1) is 12.9. The smallest absolute Gasteiger partial charge is 0.0948 e. The Morgan fingerprint density at radius 2 is 1.80 bits per heavy atom. The number of rotatable bonds is 5. The van der Waals surface area contributed by atoms with Crippen molar-refractivity contribution < 1.29 is 9.84 Å². The molecule has 0 radical (unpaired) electrons. The number of hydrogen-bond acceptors (Lipinski definition) is 3. The predicted molar refractivity (Wildman–Crippen MR) is 61.8 cm³/mol. The van der Waals surface area contributed by atoms with Crippen molar-refractivity contribution in [1.82, 2.24) is 5.32 Å². The molecule has 0 aromatic rings. The van der Waals surface area contributed by atoms with E-state index < -0.39 is 0 Å². The van der Waals surface area contributed by atoms with Gasteiger partial charge in [-0.3, -0.25) is 0 Å². The molecule has 1 heterocycles. The number of aliphatic hydroxyl groups excluding tert-OH is 1. The van der Waals surface area contributed by atoms with Gasteiger partial charge < -0.3 is 15.2 Å². The molecule has 0 bridgehead atoms. The first-order valence-corrected chi connectivity index (χ1v) is 6.01. The van der Waals surface area contributed by atoms with Crippen LogP contribution in [0.4, 0.5) is 0 Å². The van der Waals surface area contributed by atoms with Gasteiger partial charge in [-0.2, -0.15) is 0 Å². The van der Waals surface area contributed by atoms with E-state index in [0.717, 1.165) is 6.54 Å². The SMILES string of the molecule is CC(C)C(CNC1COCC1O)C(C)C. The van der Waals surface area contributed by atoms with Crippen LogP contribution in [-0.2, 0) is 4.74 Å². The molecule has 3 heteroatoms. The van der Waals surface area contributed by atoms with Crippen LogP contribution >= 0.6 is 0 Å². The lowest BCUT2D eigenvalue weighted by Crippen LogP contribution is -2.43. The molecule has 0 aromatic heterocycles. The lowest BCUT2D eigenvalue weighted by Gasteiger charge is -2.27. The molecule has 2 unspecified atom stereocenters. The highest BCUT2D eigenvalue weighted by molar-refractivity contribution is 4.82. The molecule has 1 rings (SSSR count). The zero-order valence-corrected chi connectivity index (χ0v) is 10.4. The molecule has 0 spiro atoms. The Bertz CT molecular complexity index is 174. The van der Waals surface area contributed by atoms with Crippen molar-refractivity contribution >= 4 is 0 Å². The zero-order chi connectivity index (χ0) is 11.4. The fraction of sp³-hybridized carbons (Fsp3) is 1.00. The average Bonchev–Trinajstić information content (AvgIpc) is 2.51. The highest BCUT2D eigenvalue weighted by Gasteiger charge is 2.27. The third-order valence-electron chi connectivity index (χ3n) is 3.38.